The van der Waals surface area contributed by atoms with Crippen molar-refractivity contribution in [3.8, 4) is 0 Å². The van der Waals surface area contributed by atoms with Gasteiger partial charge in [0, 0.05) is 19.6 Å². The molecule has 0 fully saturated rings. The summed E-state index contributed by atoms with van der Waals surface area (Å²) < 4.78 is 0. The lowest BCUT2D eigenvalue weighted by Gasteiger charge is -2.27. The van der Waals surface area contributed by atoms with E-state index in [1.165, 1.54) is 0 Å². The Bertz CT molecular complexity index is 239. The molecule has 0 saturated carbocycles. The van der Waals surface area contributed by atoms with Gasteiger partial charge in [0.1, 0.15) is 0 Å². The number of carbonyl (C=O) groups excluding carboxylic acids is 1. The lowest BCUT2D eigenvalue weighted by atomic mass is 10.2. The van der Waals surface area contributed by atoms with E-state index in [0.717, 1.165) is 38.0 Å². The predicted molar refractivity (Wildman–Crippen MR) is 59.3 cm³/mol. The Morgan fingerprint density at radius 2 is 2.33 bits per heavy atom. The molecule has 4 heteroatoms. The summed E-state index contributed by atoms with van der Waals surface area (Å²) in [6.45, 7) is 4.32. The number of hydrogen-bond donors (Lipinski definition) is 2. The Labute approximate surface area is 91.0 Å². The quantitative estimate of drug-likeness (QED) is 0.673. The van der Waals surface area contributed by atoms with Gasteiger partial charge in [0.25, 0.3) is 5.91 Å². The van der Waals surface area contributed by atoms with Crippen LogP contribution in [0.4, 0.5) is 0 Å². The maximum absolute atomic E-state index is 11.6. The van der Waals surface area contributed by atoms with Crippen molar-refractivity contribution in [3.63, 3.8) is 0 Å². The van der Waals surface area contributed by atoms with Crippen LogP contribution in [0.3, 0.4) is 0 Å². The van der Waals surface area contributed by atoms with Crippen LogP contribution in [0.1, 0.15) is 26.2 Å². The van der Waals surface area contributed by atoms with E-state index in [1.807, 2.05) is 11.0 Å². The molecule has 0 bridgehead atoms. The molecule has 0 spiro atoms. The maximum atomic E-state index is 11.6. The SMILES string of the molecule is CCCCN(CCO)C1=CCCNC1=O. The molecule has 1 aliphatic rings. The number of nitrogens with one attached hydrogen (secondary N) is 1. The van der Waals surface area contributed by atoms with E-state index in [-0.39, 0.29) is 12.5 Å². The minimum absolute atomic E-state index is 0.00852. The lowest BCUT2D eigenvalue weighted by molar-refractivity contribution is -0.119. The number of carbonyl (C=O) groups is 1. The topological polar surface area (TPSA) is 52.6 Å². The van der Waals surface area contributed by atoms with Gasteiger partial charge in [-0.1, -0.05) is 19.4 Å². The number of hydrogen-bond acceptors (Lipinski definition) is 3. The molecule has 86 valence electrons. The Morgan fingerprint density at radius 3 is 2.93 bits per heavy atom. The van der Waals surface area contributed by atoms with Crippen LogP contribution in [0, 0.1) is 0 Å². The molecule has 1 rings (SSSR count). The third kappa shape index (κ3) is 3.55. The summed E-state index contributed by atoms with van der Waals surface area (Å²) in [4.78, 5) is 13.5. The van der Waals surface area contributed by atoms with Gasteiger partial charge in [-0.2, -0.15) is 0 Å². The third-order valence-electron chi connectivity index (χ3n) is 2.49. The summed E-state index contributed by atoms with van der Waals surface area (Å²) in [7, 11) is 0. The minimum Gasteiger partial charge on any atom is -0.395 e. The largest absolute Gasteiger partial charge is 0.395 e. The van der Waals surface area contributed by atoms with Crippen molar-refractivity contribution in [1.82, 2.24) is 10.2 Å². The zero-order valence-electron chi connectivity index (χ0n) is 9.33. The van der Waals surface area contributed by atoms with Gasteiger partial charge in [0.05, 0.1) is 12.3 Å². The number of aliphatic hydroxyl groups is 1. The van der Waals surface area contributed by atoms with E-state index in [2.05, 4.69) is 12.2 Å². The van der Waals surface area contributed by atoms with Gasteiger partial charge in [0.15, 0.2) is 0 Å². The first-order chi connectivity index (χ1) is 7.29. The van der Waals surface area contributed by atoms with Crippen molar-refractivity contribution in [2.45, 2.75) is 26.2 Å². The molecule has 4 nitrogen and oxygen atoms in total. The zero-order valence-corrected chi connectivity index (χ0v) is 9.33. The highest BCUT2D eigenvalue weighted by Gasteiger charge is 2.18. The summed E-state index contributed by atoms with van der Waals surface area (Å²) in [6, 6.07) is 0. The highest BCUT2D eigenvalue weighted by Crippen LogP contribution is 2.10. The van der Waals surface area contributed by atoms with Crippen LogP contribution in [0.15, 0.2) is 11.8 Å². The summed E-state index contributed by atoms with van der Waals surface area (Å²) in [5, 5.41) is 11.8. The molecular formula is C11H20N2O2. The summed E-state index contributed by atoms with van der Waals surface area (Å²) in [6.07, 6.45) is 4.99. The number of aliphatic hydroxyl groups excluding tert-OH is 1. The minimum atomic E-state index is -0.00852. The molecule has 0 unspecified atom stereocenters. The average Bonchev–Trinajstić information content (AvgIpc) is 2.25. The molecule has 1 heterocycles. The normalized spacial score (nSPS) is 15.9. The first kappa shape index (κ1) is 12.0. The van der Waals surface area contributed by atoms with Crippen LogP contribution in [0.5, 0.6) is 0 Å². The predicted octanol–water partition coefficient (Wildman–Crippen LogP) is 0.485. The van der Waals surface area contributed by atoms with E-state index in [1.54, 1.807) is 0 Å². The molecule has 1 amide bonds. The van der Waals surface area contributed by atoms with Gasteiger partial charge < -0.3 is 15.3 Å². The van der Waals surface area contributed by atoms with Gasteiger partial charge >= 0.3 is 0 Å². The van der Waals surface area contributed by atoms with Gasteiger partial charge in [-0.05, 0) is 12.8 Å². The smallest absolute Gasteiger partial charge is 0.267 e. The van der Waals surface area contributed by atoms with Crippen LogP contribution >= 0.6 is 0 Å². The van der Waals surface area contributed by atoms with Crippen LogP contribution in [0.2, 0.25) is 0 Å². The number of unbranched alkanes of at least 4 members (excludes halogenated alkanes) is 1. The molecule has 0 aromatic rings. The summed E-state index contributed by atoms with van der Waals surface area (Å²) >= 11 is 0. The molecule has 2 N–H and O–H groups in total. The Kier molecular flexibility index (Phi) is 5.18. The second kappa shape index (κ2) is 6.45. The first-order valence-corrected chi connectivity index (χ1v) is 5.63. The van der Waals surface area contributed by atoms with Crippen LogP contribution < -0.4 is 5.32 Å². The lowest BCUT2D eigenvalue weighted by Crippen LogP contribution is -2.39. The number of amides is 1. The van der Waals surface area contributed by atoms with Crippen LogP contribution in [0.25, 0.3) is 0 Å². The summed E-state index contributed by atoms with van der Waals surface area (Å²) in [5.41, 5.74) is 0.726. The average molecular weight is 212 g/mol. The number of nitrogens with zero attached hydrogens (tertiary/aromatic N) is 1. The van der Waals surface area contributed by atoms with E-state index in [9.17, 15) is 4.79 Å². The first-order valence-electron chi connectivity index (χ1n) is 5.63. The maximum Gasteiger partial charge on any atom is 0.267 e. The number of rotatable bonds is 6. The van der Waals surface area contributed by atoms with Crippen molar-refractivity contribution < 1.29 is 9.90 Å². The highest BCUT2D eigenvalue weighted by molar-refractivity contribution is 5.93. The van der Waals surface area contributed by atoms with Gasteiger partial charge in [0.2, 0.25) is 0 Å². The second-order valence-electron chi connectivity index (χ2n) is 3.70. The Balaban J connectivity index is 2.60. The molecular weight excluding hydrogens is 192 g/mol. The van der Waals surface area contributed by atoms with Gasteiger partial charge in [-0.3, -0.25) is 4.79 Å². The van der Waals surface area contributed by atoms with Crippen LogP contribution in [-0.4, -0.2) is 42.2 Å². The van der Waals surface area contributed by atoms with Gasteiger partial charge in [-0.25, -0.2) is 0 Å². The summed E-state index contributed by atoms with van der Waals surface area (Å²) in [5.74, 6) is -0.00852. The third-order valence-corrected chi connectivity index (χ3v) is 2.49. The van der Waals surface area contributed by atoms with E-state index in [0.29, 0.717) is 6.54 Å². The molecule has 0 atom stereocenters. The van der Waals surface area contributed by atoms with E-state index in [4.69, 9.17) is 5.11 Å². The van der Waals surface area contributed by atoms with Crippen molar-refractivity contribution >= 4 is 5.91 Å². The fourth-order valence-electron chi connectivity index (χ4n) is 1.67. The molecule has 1 aliphatic heterocycles. The standard InChI is InChI=1S/C11H20N2O2/c1-2-3-7-13(8-9-14)10-5-4-6-12-11(10)15/h5,14H,2-4,6-9H2,1H3,(H,12,15). The van der Waals surface area contributed by atoms with Crippen molar-refractivity contribution in [1.29, 1.82) is 0 Å². The molecule has 0 saturated heterocycles. The Morgan fingerprint density at radius 1 is 1.53 bits per heavy atom. The fraction of sp³-hybridized carbons (Fsp3) is 0.727. The zero-order chi connectivity index (χ0) is 11.1. The second-order valence-corrected chi connectivity index (χ2v) is 3.70. The fourth-order valence-corrected chi connectivity index (χ4v) is 1.67. The Hall–Kier alpha value is -1.03. The van der Waals surface area contributed by atoms with Crippen molar-refractivity contribution in [3.05, 3.63) is 11.8 Å². The molecule has 15 heavy (non-hydrogen) atoms. The van der Waals surface area contributed by atoms with Crippen molar-refractivity contribution in [2.75, 3.05) is 26.2 Å². The van der Waals surface area contributed by atoms with Crippen molar-refractivity contribution in [2.24, 2.45) is 0 Å². The van der Waals surface area contributed by atoms with E-state index >= 15 is 0 Å². The van der Waals surface area contributed by atoms with E-state index < -0.39 is 0 Å². The molecule has 0 aromatic carbocycles. The molecule has 0 aliphatic carbocycles. The molecule has 0 radical (unpaired) electrons. The van der Waals surface area contributed by atoms with Gasteiger partial charge in [-0.15, -0.1) is 0 Å². The molecule has 0 aromatic heterocycles. The van der Waals surface area contributed by atoms with Crippen LogP contribution in [-0.2, 0) is 4.79 Å². The monoisotopic (exact) mass is 212 g/mol. The highest BCUT2D eigenvalue weighted by atomic mass is 16.3.